The standard InChI is InChI=1S/C8H9ClN2O/c9-8-4-6(10-5-11-8)7-2-1-3-12-7/h4-5,7H,1-3H2. The maximum atomic E-state index is 5.72. The van der Waals surface area contributed by atoms with Gasteiger partial charge in [0.25, 0.3) is 0 Å². The predicted molar refractivity (Wildman–Crippen MR) is 45.0 cm³/mol. The number of halogens is 1. The number of hydrogen-bond acceptors (Lipinski definition) is 3. The van der Waals surface area contributed by atoms with Crippen LogP contribution in [0.25, 0.3) is 0 Å². The molecule has 0 radical (unpaired) electrons. The second-order valence-corrected chi connectivity index (χ2v) is 3.15. The molecule has 3 nitrogen and oxygen atoms in total. The number of ether oxygens (including phenoxy) is 1. The van der Waals surface area contributed by atoms with E-state index in [-0.39, 0.29) is 6.10 Å². The molecule has 12 heavy (non-hydrogen) atoms. The van der Waals surface area contributed by atoms with E-state index < -0.39 is 0 Å². The fourth-order valence-corrected chi connectivity index (χ4v) is 1.49. The monoisotopic (exact) mass is 184 g/mol. The van der Waals surface area contributed by atoms with Crippen LogP contribution in [0.2, 0.25) is 5.15 Å². The molecule has 4 heteroatoms. The number of hydrogen-bond donors (Lipinski definition) is 0. The third-order valence-corrected chi connectivity index (χ3v) is 2.12. The summed E-state index contributed by atoms with van der Waals surface area (Å²) < 4.78 is 5.45. The Morgan fingerprint density at radius 3 is 3.08 bits per heavy atom. The maximum absolute atomic E-state index is 5.72. The molecule has 1 aliphatic heterocycles. The van der Waals surface area contributed by atoms with Crippen LogP contribution in [-0.4, -0.2) is 16.6 Å². The van der Waals surface area contributed by atoms with E-state index in [0.717, 1.165) is 25.1 Å². The van der Waals surface area contributed by atoms with Gasteiger partial charge in [-0.05, 0) is 18.9 Å². The third kappa shape index (κ3) is 1.57. The summed E-state index contributed by atoms with van der Waals surface area (Å²) in [6.07, 6.45) is 3.74. The molecule has 1 saturated heterocycles. The van der Waals surface area contributed by atoms with Crippen molar-refractivity contribution < 1.29 is 4.74 Å². The summed E-state index contributed by atoms with van der Waals surface area (Å²) in [5.74, 6) is 0. The van der Waals surface area contributed by atoms with Crippen molar-refractivity contribution in [3.05, 3.63) is 23.2 Å². The van der Waals surface area contributed by atoms with Gasteiger partial charge in [-0.25, -0.2) is 9.97 Å². The first-order valence-corrected chi connectivity index (χ1v) is 4.33. The summed E-state index contributed by atoms with van der Waals surface area (Å²) >= 11 is 5.72. The van der Waals surface area contributed by atoms with E-state index in [1.165, 1.54) is 6.33 Å². The van der Waals surface area contributed by atoms with Crippen molar-refractivity contribution in [3.63, 3.8) is 0 Å². The molecule has 1 aromatic heterocycles. The van der Waals surface area contributed by atoms with Gasteiger partial charge in [0.05, 0.1) is 11.8 Å². The molecule has 0 amide bonds. The fourth-order valence-electron chi connectivity index (χ4n) is 1.33. The van der Waals surface area contributed by atoms with Crippen LogP contribution in [0.15, 0.2) is 12.4 Å². The highest BCUT2D eigenvalue weighted by atomic mass is 35.5. The van der Waals surface area contributed by atoms with Crippen molar-refractivity contribution in [2.24, 2.45) is 0 Å². The smallest absolute Gasteiger partial charge is 0.132 e. The molecular weight excluding hydrogens is 176 g/mol. The van der Waals surface area contributed by atoms with E-state index in [2.05, 4.69) is 9.97 Å². The van der Waals surface area contributed by atoms with Gasteiger partial charge in [-0.2, -0.15) is 0 Å². The van der Waals surface area contributed by atoms with Crippen molar-refractivity contribution in [2.75, 3.05) is 6.61 Å². The lowest BCUT2D eigenvalue weighted by molar-refractivity contribution is 0.108. The first kappa shape index (κ1) is 7.95. The van der Waals surface area contributed by atoms with E-state index in [9.17, 15) is 0 Å². The average molecular weight is 185 g/mol. The Balaban J connectivity index is 2.21. The van der Waals surface area contributed by atoms with Crippen molar-refractivity contribution in [1.82, 2.24) is 9.97 Å². The summed E-state index contributed by atoms with van der Waals surface area (Å²) in [6.45, 7) is 0.826. The number of nitrogens with zero attached hydrogens (tertiary/aromatic N) is 2. The largest absolute Gasteiger partial charge is 0.372 e. The second-order valence-electron chi connectivity index (χ2n) is 2.77. The fraction of sp³-hybridized carbons (Fsp3) is 0.500. The van der Waals surface area contributed by atoms with Gasteiger partial charge in [0.1, 0.15) is 11.5 Å². The van der Waals surface area contributed by atoms with Gasteiger partial charge in [0.15, 0.2) is 0 Å². The number of rotatable bonds is 1. The molecule has 0 saturated carbocycles. The molecule has 64 valence electrons. The van der Waals surface area contributed by atoms with Crippen LogP contribution in [0.3, 0.4) is 0 Å². The summed E-state index contributed by atoms with van der Waals surface area (Å²) in [5, 5.41) is 0.482. The molecule has 0 aromatic carbocycles. The van der Waals surface area contributed by atoms with Gasteiger partial charge in [-0.15, -0.1) is 0 Å². The highest BCUT2D eigenvalue weighted by Gasteiger charge is 2.18. The zero-order valence-electron chi connectivity index (χ0n) is 6.53. The highest BCUT2D eigenvalue weighted by molar-refractivity contribution is 6.29. The lowest BCUT2D eigenvalue weighted by Gasteiger charge is -2.07. The normalized spacial score (nSPS) is 22.9. The maximum Gasteiger partial charge on any atom is 0.132 e. The molecule has 1 fully saturated rings. The van der Waals surface area contributed by atoms with Gasteiger partial charge in [0.2, 0.25) is 0 Å². The Hall–Kier alpha value is -0.670. The number of aromatic nitrogens is 2. The summed E-state index contributed by atoms with van der Waals surface area (Å²) in [4.78, 5) is 7.91. The SMILES string of the molecule is Clc1cc(C2CCCO2)ncn1. The lowest BCUT2D eigenvalue weighted by atomic mass is 10.2. The first-order chi connectivity index (χ1) is 5.86. The molecule has 1 aromatic rings. The van der Waals surface area contributed by atoms with Crippen molar-refractivity contribution >= 4 is 11.6 Å². The Morgan fingerprint density at radius 2 is 2.42 bits per heavy atom. The van der Waals surface area contributed by atoms with Crippen LogP contribution in [0, 0.1) is 0 Å². The Labute approximate surface area is 75.7 Å². The topological polar surface area (TPSA) is 35.0 Å². The minimum Gasteiger partial charge on any atom is -0.372 e. The van der Waals surface area contributed by atoms with Crippen molar-refractivity contribution in [2.45, 2.75) is 18.9 Å². The van der Waals surface area contributed by atoms with Crippen LogP contribution < -0.4 is 0 Å². The van der Waals surface area contributed by atoms with Gasteiger partial charge in [-0.1, -0.05) is 11.6 Å². The van der Waals surface area contributed by atoms with Crippen LogP contribution >= 0.6 is 11.6 Å². The van der Waals surface area contributed by atoms with E-state index in [1.807, 2.05) is 0 Å². The van der Waals surface area contributed by atoms with Crippen LogP contribution in [-0.2, 0) is 4.74 Å². The highest BCUT2D eigenvalue weighted by Crippen LogP contribution is 2.27. The third-order valence-electron chi connectivity index (χ3n) is 1.91. The Kier molecular flexibility index (Phi) is 2.23. The first-order valence-electron chi connectivity index (χ1n) is 3.95. The molecular formula is C8H9ClN2O. The molecule has 0 aliphatic carbocycles. The summed E-state index contributed by atoms with van der Waals surface area (Å²) in [6, 6.07) is 1.76. The quantitative estimate of drug-likeness (QED) is 0.626. The predicted octanol–water partition coefficient (Wildman–Crippen LogP) is 1.98. The molecule has 2 heterocycles. The van der Waals surface area contributed by atoms with Crippen LogP contribution in [0.1, 0.15) is 24.6 Å². The second kappa shape index (κ2) is 3.37. The summed E-state index contributed by atoms with van der Waals surface area (Å²) in [7, 11) is 0. The summed E-state index contributed by atoms with van der Waals surface area (Å²) in [5.41, 5.74) is 0.896. The van der Waals surface area contributed by atoms with Crippen molar-refractivity contribution in [1.29, 1.82) is 0 Å². The molecule has 2 rings (SSSR count). The molecule has 1 aliphatic rings. The van der Waals surface area contributed by atoms with E-state index in [1.54, 1.807) is 6.07 Å². The van der Waals surface area contributed by atoms with Gasteiger partial charge in [0, 0.05) is 6.61 Å². The molecule has 0 bridgehead atoms. The zero-order valence-corrected chi connectivity index (χ0v) is 7.29. The molecule has 1 unspecified atom stereocenters. The minimum absolute atomic E-state index is 0.130. The molecule has 0 N–H and O–H groups in total. The molecule has 1 atom stereocenters. The van der Waals surface area contributed by atoms with Gasteiger partial charge >= 0.3 is 0 Å². The minimum atomic E-state index is 0.130. The average Bonchev–Trinajstić information content (AvgIpc) is 2.56. The van der Waals surface area contributed by atoms with Crippen LogP contribution in [0.5, 0.6) is 0 Å². The van der Waals surface area contributed by atoms with E-state index >= 15 is 0 Å². The van der Waals surface area contributed by atoms with E-state index in [0.29, 0.717) is 5.15 Å². The van der Waals surface area contributed by atoms with Crippen molar-refractivity contribution in [3.8, 4) is 0 Å². The Bertz CT molecular complexity index is 274. The van der Waals surface area contributed by atoms with Gasteiger partial charge < -0.3 is 4.74 Å². The lowest BCUT2D eigenvalue weighted by Crippen LogP contribution is -1.99. The van der Waals surface area contributed by atoms with Crippen LogP contribution in [0.4, 0.5) is 0 Å². The van der Waals surface area contributed by atoms with Gasteiger partial charge in [-0.3, -0.25) is 0 Å². The zero-order chi connectivity index (χ0) is 8.39. The Morgan fingerprint density at radius 1 is 1.50 bits per heavy atom. The van der Waals surface area contributed by atoms with E-state index in [4.69, 9.17) is 16.3 Å². The molecule has 0 spiro atoms.